The lowest BCUT2D eigenvalue weighted by molar-refractivity contribution is 0.0727. The van der Waals surface area contributed by atoms with Crippen LogP contribution in [-0.4, -0.2) is 41.4 Å². The summed E-state index contributed by atoms with van der Waals surface area (Å²) >= 11 is 0. The number of rotatable bonds is 5. The summed E-state index contributed by atoms with van der Waals surface area (Å²) in [6.07, 6.45) is 1.84. The molecular formula is C23H25N3O3. The number of aromatic nitrogens is 2. The zero-order valence-corrected chi connectivity index (χ0v) is 17.0. The molecule has 6 nitrogen and oxygen atoms in total. The highest BCUT2D eigenvalue weighted by Gasteiger charge is 2.33. The Hall–Kier alpha value is -3.28. The minimum absolute atomic E-state index is 0.0365. The third-order valence-corrected chi connectivity index (χ3v) is 5.42. The maximum absolute atomic E-state index is 13.3. The largest absolute Gasteiger partial charge is 0.497 e. The first-order valence-corrected chi connectivity index (χ1v) is 9.77. The van der Waals surface area contributed by atoms with Gasteiger partial charge in [-0.3, -0.25) is 4.79 Å². The molecule has 1 aromatic heterocycles. The second-order valence-electron chi connectivity index (χ2n) is 7.18. The summed E-state index contributed by atoms with van der Waals surface area (Å²) in [4.78, 5) is 15.2. The van der Waals surface area contributed by atoms with Crippen molar-refractivity contribution >= 4 is 5.91 Å². The first-order valence-electron chi connectivity index (χ1n) is 9.77. The van der Waals surface area contributed by atoms with Gasteiger partial charge in [0.15, 0.2) is 5.69 Å². The van der Waals surface area contributed by atoms with Crippen molar-refractivity contribution in [3.05, 3.63) is 71.5 Å². The lowest BCUT2D eigenvalue weighted by Crippen LogP contribution is -2.31. The number of hydrogen-bond acceptors (Lipinski definition) is 4. The van der Waals surface area contributed by atoms with Gasteiger partial charge in [0.05, 0.1) is 25.9 Å². The Morgan fingerprint density at radius 2 is 1.86 bits per heavy atom. The molecule has 2 aromatic carbocycles. The van der Waals surface area contributed by atoms with Crippen molar-refractivity contribution in [2.45, 2.75) is 25.8 Å². The smallest absolute Gasteiger partial charge is 0.274 e. The van der Waals surface area contributed by atoms with Crippen LogP contribution < -0.4 is 9.47 Å². The highest BCUT2D eigenvalue weighted by Crippen LogP contribution is 2.39. The molecule has 29 heavy (non-hydrogen) atoms. The fraction of sp³-hybridized carbons (Fsp3) is 0.304. The number of carbonyl (C=O) groups is 1. The molecule has 1 saturated heterocycles. The third-order valence-electron chi connectivity index (χ3n) is 5.42. The number of nitrogens with zero attached hydrogens (tertiary/aromatic N) is 3. The van der Waals surface area contributed by atoms with E-state index in [0.717, 1.165) is 41.3 Å². The van der Waals surface area contributed by atoms with Crippen LogP contribution in [0.1, 0.15) is 40.6 Å². The highest BCUT2D eigenvalue weighted by molar-refractivity contribution is 5.93. The standard InChI is InChI=1S/C23H25N3O3/c1-16-14-20(24-26(16)17-8-5-4-6-9-17)23(27)25-13-7-10-21(25)19-12-11-18(28-2)15-22(19)29-3/h4-6,8-9,11-12,14-15,21H,7,10,13H2,1-3H3. The van der Waals surface area contributed by atoms with Crippen molar-refractivity contribution in [1.82, 2.24) is 14.7 Å². The topological polar surface area (TPSA) is 56.6 Å². The maximum atomic E-state index is 13.3. The zero-order chi connectivity index (χ0) is 20.4. The van der Waals surface area contributed by atoms with Crippen LogP contribution in [0.4, 0.5) is 0 Å². The van der Waals surface area contributed by atoms with Gasteiger partial charge < -0.3 is 14.4 Å². The van der Waals surface area contributed by atoms with Gasteiger partial charge in [-0.1, -0.05) is 18.2 Å². The maximum Gasteiger partial charge on any atom is 0.274 e. The van der Waals surface area contributed by atoms with Gasteiger partial charge in [0.25, 0.3) is 5.91 Å². The summed E-state index contributed by atoms with van der Waals surface area (Å²) in [5, 5.41) is 4.60. The number of methoxy groups -OCH3 is 2. The van der Waals surface area contributed by atoms with E-state index in [-0.39, 0.29) is 11.9 Å². The molecule has 1 aliphatic rings. The van der Waals surface area contributed by atoms with Crippen molar-refractivity contribution in [3.8, 4) is 17.2 Å². The van der Waals surface area contributed by atoms with E-state index in [1.54, 1.807) is 14.2 Å². The molecule has 150 valence electrons. The average Bonchev–Trinajstić information content (AvgIpc) is 3.40. The van der Waals surface area contributed by atoms with E-state index in [2.05, 4.69) is 5.10 Å². The number of benzene rings is 2. The van der Waals surface area contributed by atoms with Gasteiger partial charge in [-0.2, -0.15) is 5.10 Å². The molecular weight excluding hydrogens is 366 g/mol. The summed E-state index contributed by atoms with van der Waals surface area (Å²) < 4.78 is 12.7. The number of para-hydroxylation sites is 1. The van der Waals surface area contributed by atoms with E-state index in [9.17, 15) is 4.79 Å². The number of amides is 1. The van der Waals surface area contributed by atoms with E-state index in [1.807, 2.05) is 71.1 Å². The summed E-state index contributed by atoms with van der Waals surface area (Å²) in [6, 6.07) is 17.4. The molecule has 1 amide bonds. The molecule has 0 aliphatic carbocycles. The Kier molecular flexibility index (Phi) is 5.25. The van der Waals surface area contributed by atoms with Crippen molar-refractivity contribution < 1.29 is 14.3 Å². The van der Waals surface area contributed by atoms with Gasteiger partial charge in [-0.25, -0.2) is 4.68 Å². The summed E-state index contributed by atoms with van der Waals surface area (Å²) in [5.41, 5.74) is 3.33. The second kappa shape index (κ2) is 7.99. The van der Waals surface area contributed by atoms with Crippen LogP contribution in [0.5, 0.6) is 11.5 Å². The van der Waals surface area contributed by atoms with Gasteiger partial charge in [0.2, 0.25) is 0 Å². The lowest BCUT2D eigenvalue weighted by atomic mass is 10.0. The Morgan fingerprint density at radius 3 is 2.59 bits per heavy atom. The van der Waals surface area contributed by atoms with Gasteiger partial charge in [0, 0.05) is 23.9 Å². The van der Waals surface area contributed by atoms with Crippen molar-refractivity contribution in [2.75, 3.05) is 20.8 Å². The fourth-order valence-corrected chi connectivity index (χ4v) is 3.98. The normalized spacial score (nSPS) is 16.1. The molecule has 0 spiro atoms. The molecule has 0 radical (unpaired) electrons. The minimum Gasteiger partial charge on any atom is -0.497 e. The number of carbonyl (C=O) groups excluding carboxylic acids is 1. The van der Waals surface area contributed by atoms with E-state index in [0.29, 0.717) is 12.2 Å². The van der Waals surface area contributed by atoms with E-state index in [1.165, 1.54) is 0 Å². The molecule has 2 heterocycles. The zero-order valence-electron chi connectivity index (χ0n) is 17.0. The van der Waals surface area contributed by atoms with E-state index in [4.69, 9.17) is 9.47 Å². The average molecular weight is 391 g/mol. The Morgan fingerprint density at radius 1 is 1.07 bits per heavy atom. The number of hydrogen-bond donors (Lipinski definition) is 0. The van der Waals surface area contributed by atoms with Crippen LogP contribution in [0.25, 0.3) is 5.69 Å². The van der Waals surface area contributed by atoms with Crippen LogP contribution >= 0.6 is 0 Å². The molecule has 0 saturated carbocycles. The summed E-state index contributed by atoms with van der Waals surface area (Å²) in [5.74, 6) is 1.42. The molecule has 1 unspecified atom stereocenters. The van der Waals surface area contributed by atoms with Gasteiger partial charge in [-0.05, 0) is 50.1 Å². The fourth-order valence-electron chi connectivity index (χ4n) is 3.98. The van der Waals surface area contributed by atoms with Gasteiger partial charge in [-0.15, -0.1) is 0 Å². The quantitative estimate of drug-likeness (QED) is 0.655. The predicted molar refractivity (Wildman–Crippen MR) is 111 cm³/mol. The SMILES string of the molecule is COc1ccc(C2CCCN2C(=O)c2cc(C)n(-c3ccccc3)n2)c(OC)c1. The number of likely N-dealkylation sites (tertiary alicyclic amines) is 1. The third kappa shape index (κ3) is 3.58. The number of ether oxygens (including phenoxy) is 2. The molecule has 6 heteroatoms. The van der Waals surface area contributed by atoms with Crippen molar-refractivity contribution in [1.29, 1.82) is 0 Å². The van der Waals surface area contributed by atoms with Crippen LogP contribution in [0.15, 0.2) is 54.6 Å². The Balaban J connectivity index is 1.64. The monoisotopic (exact) mass is 391 g/mol. The summed E-state index contributed by atoms with van der Waals surface area (Å²) in [6.45, 7) is 2.67. The van der Waals surface area contributed by atoms with Crippen LogP contribution in [0.3, 0.4) is 0 Å². The van der Waals surface area contributed by atoms with Crippen LogP contribution in [0, 0.1) is 6.92 Å². The first-order chi connectivity index (χ1) is 14.1. The second-order valence-corrected chi connectivity index (χ2v) is 7.18. The van der Waals surface area contributed by atoms with E-state index >= 15 is 0 Å². The van der Waals surface area contributed by atoms with Crippen LogP contribution in [-0.2, 0) is 0 Å². The molecule has 1 atom stereocenters. The minimum atomic E-state index is -0.0526. The molecule has 1 aliphatic heterocycles. The molecule has 0 bridgehead atoms. The first kappa shape index (κ1) is 19.1. The Labute approximate surface area is 170 Å². The predicted octanol–water partition coefficient (Wildman–Crippen LogP) is 4.18. The van der Waals surface area contributed by atoms with Gasteiger partial charge in [0.1, 0.15) is 11.5 Å². The summed E-state index contributed by atoms with van der Waals surface area (Å²) in [7, 11) is 3.27. The molecule has 1 fully saturated rings. The molecule has 4 rings (SSSR count). The molecule has 0 N–H and O–H groups in total. The Bertz CT molecular complexity index is 1010. The van der Waals surface area contributed by atoms with E-state index < -0.39 is 0 Å². The van der Waals surface area contributed by atoms with Gasteiger partial charge >= 0.3 is 0 Å². The number of aryl methyl sites for hydroxylation is 1. The van der Waals surface area contributed by atoms with Crippen molar-refractivity contribution in [2.24, 2.45) is 0 Å². The highest BCUT2D eigenvalue weighted by atomic mass is 16.5. The molecule has 3 aromatic rings. The van der Waals surface area contributed by atoms with Crippen LogP contribution in [0.2, 0.25) is 0 Å². The lowest BCUT2D eigenvalue weighted by Gasteiger charge is -2.26. The van der Waals surface area contributed by atoms with Crippen molar-refractivity contribution in [3.63, 3.8) is 0 Å².